The van der Waals surface area contributed by atoms with E-state index in [4.69, 9.17) is 23.7 Å². The van der Waals surface area contributed by atoms with E-state index in [0.717, 1.165) is 11.1 Å². The first-order valence-electron chi connectivity index (χ1n) is 10.2. The summed E-state index contributed by atoms with van der Waals surface area (Å²) in [7, 11) is 0.573. The lowest BCUT2D eigenvalue weighted by Gasteiger charge is -2.29. The number of sulfonamides is 1. The summed E-state index contributed by atoms with van der Waals surface area (Å²) in [5, 5.41) is 0. The second-order valence-corrected chi connectivity index (χ2v) is 9.18. The van der Waals surface area contributed by atoms with Crippen molar-refractivity contribution in [3.63, 3.8) is 0 Å². The molecule has 0 fully saturated rings. The monoisotopic (exact) mass is 471 g/mol. The van der Waals surface area contributed by atoms with Gasteiger partial charge in [0.1, 0.15) is 23.9 Å². The summed E-state index contributed by atoms with van der Waals surface area (Å²) in [6.07, 6.45) is 0. The second-order valence-electron chi connectivity index (χ2n) is 7.30. The molecule has 3 aromatic carbocycles. The molecule has 4 rings (SSSR count). The van der Waals surface area contributed by atoms with Crippen molar-refractivity contribution in [3.8, 4) is 28.7 Å². The van der Waals surface area contributed by atoms with Crippen LogP contribution in [0.4, 0.5) is 0 Å². The van der Waals surface area contributed by atoms with Crippen LogP contribution in [0.5, 0.6) is 28.7 Å². The number of hydrogen-bond acceptors (Lipinski definition) is 7. The summed E-state index contributed by atoms with van der Waals surface area (Å²) >= 11 is 0. The summed E-state index contributed by atoms with van der Waals surface area (Å²) in [5.74, 6) is 1.90. The maximum atomic E-state index is 13.3. The highest BCUT2D eigenvalue weighted by molar-refractivity contribution is 7.89. The molecule has 0 aliphatic carbocycles. The fourth-order valence-corrected chi connectivity index (χ4v) is 5.06. The van der Waals surface area contributed by atoms with Gasteiger partial charge in [-0.1, -0.05) is 36.4 Å². The van der Waals surface area contributed by atoms with E-state index in [-0.39, 0.29) is 29.7 Å². The van der Waals surface area contributed by atoms with Gasteiger partial charge in [0.15, 0.2) is 23.1 Å². The van der Waals surface area contributed by atoms with E-state index < -0.39 is 10.0 Å². The molecule has 0 amide bonds. The predicted molar refractivity (Wildman–Crippen MR) is 122 cm³/mol. The third-order valence-electron chi connectivity index (χ3n) is 5.24. The summed E-state index contributed by atoms with van der Waals surface area (Å²) in [6.45, 7) is 0.345. The zero-order valence-electron chi connectivity index (χ0n) is 18.6. The summed E-state index contributed by atoms with van der Waals surface area (Å²) < 4.78 is 55.5. The van der Waals surface area contributed by atoms with Crippen molar-refractivity contribution in [3.05, 3.63) is 71.8 Å². The molecule has 3 aromatic rings. The Balaban J connectivity index is 1.56. The van der Waals surface area contributed by atoms with Crippen molar-refractivity contribution in [2.45, 2.75) is 18.0 Å². The number of methoxy groups -OCH3 is 3. The van der Waals surface area contributed by atoms with Gasteiger partial charge in [-0.05, 0) is 23.3 Å². The van der Waals surface area contributed by atoms with Crippen LogP contribution in [-0.2, 0) is 23.2 Å². The van der Waals surface area contributed by atoms with Crippen LogP contribution in [-0.4, -0.2) is 40.8 Å². The Bertz CT molecular complexity index is 1210. The van der Waals surface area contributed by atoms with Gasteiger partial charge >= 0.3 is 0 Å². The Labute approximate surface area is 193 Å². The van der Waals surface area contributed by atoms with E-state index in [1.54, 1.807) is 25.3 Å². The zero-order valence-corrected chi connectivity index (χ0v) is 19.4. The Morgan fingerprint density at radius 2 is 1.61 bits per heavy atom. The smallest absolute Gasteiger partial charge is 0.253 e. The molecule has 9 heteroatoms. The lowest BCUT2D eigenvalue weighted by atomic mass is 10.2. The van der Waals surface area contributed by atoms with E-state index >= 15 is 0 Å². The number of rotatable bonds is 8. The largest absolute Gasteiger partial charge is 0.496 e. The van der Waals surface area contributed by atoms with Gasteiger partial charge in [0.05, 0.1) is 21.3 Å². The first-order valence-corrected chi connectivity index (χ1v) is 11.6. The van der Waals surface area contributed by atoms with Gasteiger partial charge in [0.2, 0.25) is 0 Å². The average Bonchev–Trinajstić information content (AvgIpc) is 2.84. The van der Waals surface area contributed by atoms with E-state index in [9.17, 15) is 8.42 Å². The van der Waals surface area contributed by atoms with Crippen LogP contribution in [0.3, 0.4) is 0 Å². The SMILES string of the molecule is COc1cc(OC)c2c(c1)OCN(Cc1ccc(OCc3ccccc3)c(OC)c1)S2(=O)=O. The molecule has 1 aliphatic heterocycles. The Morgan fingerprint density at radius 1 is 0.848 bits per heavy atom. The third-order valence-corrected chi connectivity index (χ3v) is 7.07. The van der Waals surface area contributed by atoms with Crippen molar-refractivity contribution < 1.29 is 32.1 Å². The first kappa shape index (κ1) is 22.8. The summed E-state index contributed by atoms with van der Waals surface area (Å²) in [6, 6.07) is 18.2. The molecule has 8 nitrogen and oxygen atoms in total. The predicted octanol–water partition coefficient (Wildman–Crippen LogP) is 3.83. The maximum Gasteiger partial charge on any atom is 0.253 e. The zero-order chi connectivity index (χ0) is 23.4. The van der Waals surface area contributed by atoms with Gasteiger partial charge in [-0.25, -0.2) is 8.42 Å². The molecule has 174 valence electrons. The number of nitrogens with zero attached hydrogens (tertiary/aromatic N) is 1. The molecule has 1 heterocycles. The Kier molecular flexibility index (Phi) is 6.62. The maximum absolute atomic E-state index is 13.3. The highest BCUT2D eigenvalue weighted by Gasteiger charge is 2.37. The number of ether oxygens (including phenoxy) is 5. The van der Waals surface area contributed by atoms with Crippen LogP contribution < -0.4 is 23.7 Å². The molecule has 0 saturated heterocycles. The molecule has 33 heavy (non-hydrogen) atoms. The molecule has 0 radical (unpaired) electrons. The van der Waals surface area contributed by atoms with E-state index in [1.165, 1.54) is 30.7 Å². The second kappa shape index (κ2) is 9.60. The fourth-order valence-electron chi connectivity index (χ4n) is 3.52. The van der Waals surface area contributed by atoms with E-state index in [0.29, 0.717) is 23.9 Å². The standard InChI is InChI=1S/C24H25NO7S/c1-28-19-12-22(30-3)24-23(13-19)32-16-25(33(24,26)27)14-18-9-10-20(21(11-18)29-2)31-15-17-7-5-4-6-8-17/h4-13H,14-16H2,1-3H3. The Hall–Kier alpha value is -3.43. The van der Waals surface area contributed by atoms with Crippen molar-refractivity contribution >= 4 is 10.0 Å². The molecule has 0 atom stereocenters. The van der Waals surface area contributed by atoms with Gasteiger partial charge in [0, 0.05) is 18.7 Å². The summed E-state index contributed by atoms with van der Waals surface area (Å²) in [5.41, 5.74) is 1.76. The number of fused-ring (bicyclic) bond motifs is 1. The van der Waals surface area contributed by atoms with E-state index in [1.807, 2.05) is 30.3 Å². The van der Waals surface area contributed by atoms with Crippen LogP contribution in [0.2, 0.25) is 0 Å². The lowest BCUT2D eigenvalue weighted by molar-refractivity contribution is 0.174. The van der Waals surface area contributed by atoms with Gasteiger partial charge < -0.3 is 23.7 Å². The van der Waals surface area contributed by atoms with Crippen LogP contribution in [0, 0.1) is 0 Å². The average molecular weight is 472 g/mol. The fraction of sp³-hybridized carbons (Fsp3) is 0.250. The summed E-state index contributed by atoms with van der Waals surface area (Å²) in [4.78, 5) is -0.0215. The normalized spacial score (nSPS) is 14.6. The topological polar surface area (TPSA) is 83.5 Å². The van der Waals surface area contributed by atoms with Gasteiger partial charge in [-0.2, -0.15) is 4.31 Å². The van der Waals surface area contributed by atoms with Crippen LogP contribution in [0.25, 0.3) is 0 Å². The van der Waals surface area contributed by atoms with Gasteiger partial charge in [0.25, 0.3) is 10.0 Å². The minimum atomic E-state index is -3.87. The molecule has 0 aromatic heterocycles. The van der Waals surface area contributed by atoms with Crippen molar-refractivity contribution in [2.24, 2.45) is 0 Å². The van der Waals surface area contributed by atoms with Gasteiger partial charge in [-0.3, -0.25) is 0 Å². The lowest BCUT2D eigenvalue weighted by Crippen LogP contribution is -2.38. The van der Waals surface area contributed by atoms with Crippen molar-refractivity contribution in [2.75, 3.05) is 28.1 Å². The quantitative estimate of drug-likeness (QED) is 0.494. The Morgan fingerprint density at radius 3 is 2.30 bits per heavy atom. The molecule has 0 saturated carbocycles. The molecule has 0 spiro atoms. The van der Waals surface area contributed by atoms with E-state index in [2.05, 4.69) is 0 Å². The number of hydrogen-bond donors (Lipinski definition) is 0. The van der Waals surface area contributed by atoms with Crippen LogP contribution >= 0.6 is 0 Å². The highest BCUT2D eigenvalue weighted by atomic mass is 32.2. The van der Waals surface area contributed by atoms with Crippen molar-refractivity contribution in [1.29, 1.82) is 0 Å². The minimum absolute atomic E-state index is 0.0215. The molecule has 1 aliphatic rings. The van der Waals surface area contributed by atoms with Gasteiger partial charge in [-0.15, -0.1) is 0 Å². The molecule has 0 unspecified atom stereocenters. The van der Waals surface area contributed by atoms with Crippen molar-refractivity contribution in [1.82, 2.24) is 4.31 Å². The van der Waals surface area contributed by atoms with Crippen LogP contribution in [0.15, 0.2) is 65.6 Å². The minimum Gasteiger partial charge on any atom is -0.496 e. The molecular weight excluding hydrogens is 446 g/mol. The first-order chi connectivity index (χ1) is 16.0. The number of benzene rings is 3. The molecular formula is C24H25NO7S. The highest BCUT2D eigenvalue weighted by Crippen LogP contribution is 2.42. The van der Waals surface area contributed by atoms with Crippen LogP contribution in [0.1, 0.15) is 11.1 Å². The molecule has 0 bridgehead atoms. The third kappa shape index (κ3) is 4.69. The molecule has 0 N–H and O–H groups in total.